The second-order valence-corrected chi connectivity index (χ2v) is 5.52. The number of rotatable bonds is 5. The Morgan fingerprint density at radius 3 is 2.52 bits per heavy atom. The molecule has 0 unspecified atom stereocenters. The van der Waals surface area contributed by atoms with Crippen LogP contribution in [0.4, 0.5) is 17.3 Å². The quantitative estimate of drug-likeness (QED) is 0.880. The molecule has 5 nitrogen and oxygen atoms in total. The van der Waals surface area contributed by atoms with Crippen molar-refractivity contribution in [1.82, 2.24) is 10.2 Å². The zero-order valence-corrected chi connectivity index (χ0v) is 12.7. The molecule has 2 rings (SSSR count). The summed E-state index contributed by atoms with van der Waals surface area (Å²) in [5.74, 6) is 1.27. The Morgan fingerprint density at radius 1 is 1.19 bits per heavy atom. The molecule has 1 aromatic carbocycles. The van der Waals surface area contributed by atoms with E-state index in [1.165, 1.54) is 0 Å². The lowest BCUT2D eigenvalue weighted by Crippen LogP contribution is -2.15. The summed E-state index contributed by atoms with van der Waals surface area (Å²) in [4.78, 5) is 11.6. The highest BCUT2D eigenvalue weighted by molar-refractivity contribution is 6.30. The van der Waals surface area contributed by atoms with E-state index in [4.69, 9.17) is 11.6 Å². The molecule has 1 amide bonds. The van der Waals surface area contributed by atoms with Gasteiger partial charge in [-0.3, -0.25) is 4.79 Å². The van der Waals surface area contributed by atoms with Crippen LogP contribution < -0.4 is 10.6 Å². The van der Waals surface area contributed by atoms with E-state index in [2.05, 4.69) is 20.8 Å². The van der Waals surface area contributed by atoms with Crippen LogP contribution in [0.2, 0.25) is 5.02 Å². The van der Waals surface area contributed by atoms with Gasteiger partial charge in [-0.15, -0.1) is 10.2 Å². The highest BCUT2D eigenvalue weighted by Gasteiger charge is 2.06. The van der Waals surface area contributed by atoms with Crippen molar-refractivity contribution < 1.29 is 4.79 Å². The van der Waals surface area contributed by atoms with Crippen LogP contribution in [0.1, 0.15) is 20.3 Å². The van der Waals surface area contributed by atoms with Crippen molar-refractivity contribution >= 4 is 34.8 Å². The van der Waals surface area contributed by atoms with Gasteiger partial charge in [0.25, 0.3) is 0 Å². The number of benzene rings is 1. The van der Waals surface area contributed by atoms with Gasteiger partial charge in [0, 0.05) is 17.1 Å². The molecule has 0 bridgehead atoms. The van der Waals surface area contributed by atoms with E-state index in [-0.39, 0.29) is 5.91 Å². The first-order valence-electron chi connectivity index (χ1n) is 6.69. The molecule has 1 heterocycles. The summed E-state index contributed by atoms with van der Waals surface area (Å²) >= 11 is 5.91. The Labute approximate surface area is 128 Å². The number of nitrogens with one attached hydrogen (secondary N) is 2. The van der Waals surface area contributed by atoms with Gasteiger partial charge in [-0.05, 0) is 36.2 Å². The smallest absolute Gasteiger partial charge is 0.225 e. The molecule has 2 N–H and O–H groups in total. The summed E-state index contributed by atoms with van der Waals surface area (Å²) in [5, 5.41) is 14.4. The molecular formula is C15H17ClN4O. The van der Waals surface area contributed by atoms with Crippen LogP contribution in [-0.2, 0) is 4.79 Å². The minimum absolute atomic E-state index is 0.0603. The highest BCUT2D eigenvalue weighted by atomic mass is 35.5. The highest BCUT2D eigenvalue weighted by Crippen LogP contribution is 2.18. The van der Waals surface area contributed by atoms with E-state index in [1.54, 1.807) is 24.3 Å². The first kappa shape index (κ1) is 15.3. The van der Waals surface area contributed by atoms with Crippen LogP contribution in [-0.4, -0.2) is 16.1 Å². The fourth-order valence-electron chi connectivity index (χ4n) is 1.74. The third-order valence-electron chi connectivity index (χ3n) is 2.62. The minimum atomic E-state index is -0.0603. The van der Waals surface area contributed by atoms with Gasteiger partial charge in [0.2, 0.25) is 5.91 Å². The number of halogens is 1. The van der Waals surface area contributed by atoms with Crippen LogP contribution in [0, 0.1) is 5.92 Å². The maximum absolute atomic E-state index is 11.6. The lowest BCUT2D eigenvalue weighted by Gasteiger charge is -2.08. The summed E-state index contributed by atoms with van der Waals surface area (Å²) < 4.78 is 0. The molecule has 110 valence electrons. The fourth-order valence-corrected chi connectivity index (χ4v) is 1.93. The zero-order chi connectivity index (χ0) is 15.2. The monoisotopic (exact) mass is 304 g/mol. The molecule has 0 aliphatic carbocycles. The Kier molecular flexibility index (Phi) is 5.11. The Balaban J connectivity index is 1.97. The lowest BCUT2D eigenvalue weighted by atomic mass is 10.1. The number of carbonyl (C=O) groups is 1. The van der Waals surface area contributed by atoms with Gasteiger partial charge in [-0.2, -0.15) is 0 Å². The first-order chi connectivity index (χ1) is 10.0. The van der Waals surface area contributed by atoms with Crippen molar-refractivity contribution in [3.05, 3.63) is 41.4 Å². The zero-order valence-electron chi connectivity index (χ0n) is 11.9. The van der Waals surface area contributed by atoms with Crippen LogP contribution in [0.25, 0.3) is 0 Å². The topological polar surface area (TPSA) is 66.9 Å². The van der Waals surface area contributed by atoms with Gasteiger partial charge in [-0.25, -0.2) is 0 Å². The van der Waals surface area contributed by atoms with Crippen molar-refractivity contribution in [1.29, 1.82) is 0 Å². The van der Waals surface area contributed by atoms with Crippen molar-refractivity contribution in [2.75, 3.05) is 10.6 Å². The SMILES string of the molecule is CC(C)CC(=O)Nc1ccc(Nc2cccc(Cl)c2)nn1. The standard InChI is InChI=1S/C15H17ClN4O/c1-10(2)8-15(21)18-14-7-6-13(19-20-14)17-12-5-3-4-11(16)9-12/h3-7,9-10H,8H2,1-2H3,(H,17,19)(H,18,20,21). The van der Waals surface area contributed by atoms with Crippen molar-refractivity contribution in [2.24, 2.45) is 5.92 Å². The molecule has 0 spiro atoms. The Hall–Kier alpha value is -2.14. The van der Waals surface area contributed by atoms with E-state index in [9.17, 15) is 4.79 Å². The molecule has 0 aliphatic rings. The van der Waals surface area contributed by atoms with E-state index >= 15 is 0 Å². The average molecular weight is 305 g/mol. The number of anilines is 3. The van der Waals surface area contributed by atoms with Crippen LogP contribution in [0.15, 0.2) is 36.4 Å². The molecule has 21 heavy (non-hydrogen) atoms. The van der Waals surface area contributed by atoms with Gasteiger partial charge < -0.3 is 10.6 Å². The van der Waals surface area contributed by atoms with E-state index in [0.29, 0.717) is 29.0 Å². The normalized spacial score (nSPS) is 10.5. The molecule has 6 heteroatoms. The number of amides is 1. The number of hydrogen-bond acceptors (Lipinski definition) is 4. The molecule has 2 aromatic rings. The molecular weight excluding hydrogens is 288 g/mol. The molecule has 0 aliphatic heterocycles. The second kappa shape index (κ2) is 7.04. The molecule has 0 radical (unpaired) electrons. The summed E-state index contributed by atoms with van der Waals surface area (Å²) in [5.41, 5.74) is 0.827. The molecule has 0 fully saturated rings. The van der Waals surface area contributed by atoms with Gasteiger partial charge in [0.15, 0.2) is 11.6 Å². The van der Waals surface area contributed by atoms with Crippen LogP contribution in [0.3, 0.4) is 0 Å². The summed E-state index contributed by atoms with van der Waals surface area (Å²) in [6.07, 6.45) is 0.462. The Bertz CT molecular complexity index is 613. The first-order valence-corrected chi connectivity index (χ1v) is 7.07. The summed E-state index contributed by atoms with van der Waals surface area (Å²) in [6.45, 7) is 3.98. The maximum atomic E-state index is 11.6. The minimum Gasteiger partial charge on any atom is -0.339 e. The van der Waals surface area contributed by atoms with Crippen LogP contribution in [0.5, 0.6) is 0 Å². The van der Waals surface area contributed by atoms with Gasteiger partial charge in [-0.1, -0.05) is 31.5 Å². The molecule has 0 atom stereocenters. The lowest BCUT2D eigenvalue weighted by molar-refractivity contribution is -0.116. The average Bonchev–Trinajstić information content (AvgIpc) is 2.40. The predicted octanol–water partition coefficient (Wildman–Crippen LogP) is 3.86. The van der Waals surface area contributed by atoms with Gasteiger partial charge in [0.1, 0.15) is 0 Å². The Morgan fingerprint density at radius 2 is 1.90 bits per heavy atom. The summed E-state index contributed by atoms with van der Waals surface area (Å²) in [6, 6.07) is 10.8. The van der Waals surface area contributed by atoms with E-state index in [1.807, 2.05) is 26.0 Å². The van der Waals surface area contributed by atoms with Crippen molar-refractivity contribution in [3.8, 4) is 0 Å². The number of carbonyl (C=O) groups excluding carboxylic acids is 1. The maximum Gasteiger partial charge on any atom is 0.225 e. The number of hydrogen-bond donors (Lipinski definition) is 2. The molecule has 1 aromatic heterocycles. The third kappa shape index (κ3) is 5.04. The largest absolute Gasteiger partial charge is 0.339 e. The van der Waals surface area contributed by atoms with Gasteiger partial charge >= 0.3 is 0 Å². The van der Waals surface area contributed by atoms with Crippen molar-refractivity contribution in [2.45, 2.75) is 20.3 Å². The predicted molar refractivity (Wildman–Crippen MR) is 84.9 cm³/mol. The molecule has 0 saturated heterocycles. The van der Waals surface area contributed by atoms with E-state index < -0.39 is 0 Å². The summed E-state index contributed by atoms with van der Waals surface area (Å²) in [7, 11) is 0. The van der Waals surface area contributed by atoms with Gasteiger partial charge in [0.05, 0.1) is 0 Å². The number of aromatic nitrogens is 2. The second-order valence-electron chi connectivity index (χ2n) is 5.09. The molecule has 0 saturated carbocycles. The fraction of sp³-hybridized carbons (Fsp3) is 0.267. The van der Waals surface area contributed by atoms with Crippen LogP contribution >= 0.6 is 11.6 Å². The van der Waals surface area contributed by atoms with Crippen molar-refractivity contribution in [3.63, 3.8) is 0 Å². The van der Waals surface area contributed by atoms with E-state index in [0.717, 1.165) is 5.69 Å². The number of nitrogens with zero attached hydrogens (tertiary/aromatic N) is 2. The third-order valence-corrected chi connectivity index (χ3v) is 2.86.